The number of rotatable bonds is 5. The molecule has 3 rings (SSSR count). The van der Waals surface area contributed by atoms with Gasteiger partial charge in [-0.15, -0.1) is 0 Å². The number of para-hydroxylation sites is 1. The Morgan fingerprint density at radius 1 is 1.17 bits per heavy atom. The molecule has 4 nitrogen and oxygen atoms in total. The van der Waals surface area contributed by atoms with Gasteiger partial charge in [0, 0.05) is 28.6 Å². The van der Waals surface area contributed by atoms with Gasteiger partial charge in [-0.25, -0.2) is 0 Å². The molecule has 124 valence electrons. The second-order valence-electron chi connectivity index (χ2n) is 5.84. The van der Waals surface area contributed by atoms with E-state index in [2.05, 4.69) is 5.32 Å². The summed E-state index contributed by atoms with van der Waals surface area (Å²) in [6.07, 6.45) is 1.34. The highest BCUT2D eigenvalue weighted by Gasteiger charge is 2.26. The molecule has 0 fully saturated rings. The summed E-state index contributed by atoms with van der Waals surface area (Å²) >= 11 is 6.03. The maximum Gasteiger partial charge on any atom is 0.306 e. The van der Waals surface area contributed by atoms with Crippen LogP contribution in [0.4, 0.5) is 5.69 Å². The Morgan fingerprint density at radius 2 is 1.92 bits per heavy atom. The van der Waals surface area contributed by atoms with Crippen LogP contribution in [0.25, 0.3) is 0 Å². The smallest absolute Gasteiger partial charge is 0.306 e. The number of amides is 1. The zero-order valence-corrected chi connectivity index (χ0v) is 13.9. The molecule has 1 N–H and O–H groups in total. The first-order chi connectivity index (χ1) is 11.6. The minimum atomic E-state index is -0.318. The molecule has 0 bridgehead atoms. The van der Waals surface area contributed by atoms with E-state index in [1.807, 2.05) is 42.5 Å². The van der Waals surface area contributed by atoms with Crippen molar-refractivity contribution in [1.29, 1.82) is 0 Å². The van der Waals surface area contributed by atoms with Crippen molar-refractivity contribution in [3.05, 3.63) is 64.7 Å². The lowest BCUT2D eigenvalue weighted by Crippen LogP contribution is -2.30. The molecular formula is C19H18ClNO3. The third kappa shape index (κ3) is 3.95. The summed E-state index contributed by atoms with van der Waals surface area (Å²) in [5, 5.41) is 3.47. The van der Waals surface area contributed by atoms with E-state index in [1.54, 1.807) is 6.07 Å². The fourth-order valence-corrected chi connectivity index (χ4v) is 2.97. The first-order valence-electron chi connectivity index (χ1n) is 7.91. The summed E-state index contributed by atoms with van der Waals surface area (Å²) in [5.74, 6) is -0.554. The van der Waals surface area contributed by atoms with E-state index in [0.29, 0.717) is 17.9 Å². The van der Waals surface area contributed by atoms with Crippen LogP contribution in [-0.4, -0.2) is 11.9 Å². The fraction of sp³-hybridized carbons (Fsp3) is 0.263. The van der Waals surface area contributed by atoms with E-state index in [-0.39, 0.29) is 30.8 Å². The third-order valence-electron chi connectivity index (χ3n) is 4.16. The molecule has 0 spiro atoms. The van der Waals surface area contributed by atoms with Crippen molar-refractivity contribution >= 4 is 29.2 Å². The molecule has 2 aromatic rings. The van der Waals surface area contributed by atoms with E-state index in [0.717, 1.165) is 16.8 Å². The van der Waals surface area contributed by atoms with E-state index in [9.17, 15) is 9.59 Å². The molecule has 0 radical (unpaired) electrons. The summed E-state index contributed by atoms with van der Waals surface area (Å²) in [7, 11) is 0. The van der Waals surface area contributed by atoms with Crippen molar-refractivity contribution in [3.63, 3.8) is 0 Å². The molecule has 0 saturated carbocycles. The van der Waals surface area contributed by atoms with E-state index in [4.69, 9.17) is 16.3 Å². The number of anilines is 1. The number of halogens is 1. The lowest BCUT2D eigenvalue weighted by Gasteiger charge is -2.24. The highest BCUT2D eigenvalue weighted by atomic mass is 35.5. The van der Waals surface area contributed by atoms with Crippen LogP contribution in [-0.2, 0) is 27.4 Å². The third-order valence-corrected chi connectivity index (χ3v) is 4.52. The predicted octanol–water partition coefficient (Wildman–Crippen LogP) is 3.97. The number of fused-ring (bicyclic) bond motifs is 1. The average molecular weight is 344 g/mol. The van der Waals surface area contributed by atoms with Gasteiger partial charge in [-0.05, 0) is 30.5 Å². The first-order valence-corrected chi connectivity index (χ1v) is 8.29. The molecule has 0 saturated heterocycles. The normalized spacial score (nSPS) is 16.2. The van der Waals surface area contributed by atoms with Crippen LogP contribution in [0.1, 0.15) is 24.0 Å². The first kappa shape index (κ1) is 16.5. The standard InChI is InChI=1S/C19H18ClNO3/c20-16-7-3-1-6-15(16)12-24-18(22)10-9-14-11-13-5-2-4-8-17(13)21-19(14)23/h1-8,14H,9-12H2,(H,21,23). The Morgan fingerprint density at radius 3 is 2.75 bits per heavy atom. The molecule has 1 unspecified atom stereocenters. The highest BCUT2D eigenvalue weighted by molar-refractivity contribution is 6.31. The van der Waals surface area contributed by atoms with Crippen LogP contribution in [0.5, 0.6) is 0 Å². The zero-order chi connectivity index (χ0) is 16.9. The summed E-state index contributed by atoms with van der Waals surface area (Å²) in [4.78, 5) is 24.0. The van der Waals surface area contributed by atoms with Gasteiger partial charge in [0.05, 0.1) is 0 Å². The van der Waals surface area contributed by atoms with Crippen LogP contribution in [0.15, 0.2) is 48.5 Å². The SMILES string of the molecule is O=C(CCC1Cc2ccccc2NC1=O)OCc1ccccc1Cl. The van der Waals surface area contributed by atoms with Gasteiger partial charge < -0.3 is 10.1 Å². The van der Waals surface area contributed by atoms with Gasteiger partial charge in [0.2, 0.25) is 5.91 Å². The summed E-state index contributed by atoms with van der Waals surface area (Å²) < 4.78 is 5.25. The van der Waals surface area contributed by atoms with Gasteiger partial charge in [0.1, 0.15) is 6.61 Å². The number of esters is 1. The number of ether oxygens (including phenoxy) is 1. The number of hydrogen-bond acceptors (Lipinski definition) is 3. The summed E-state index contributed by atoms with van der Waals surface area (Å²) in [5.41, 5.74) is 2.74. The van der Waals surface area contributed by atoms with Crippen LogP contribution in [0.2, 0.25) is 5.02 Å². The minimum absolute atomic E-state index is 0.0346. The molecule has 1 heterocycles. The predicted molar refractivity (Wildman–Crippen MR) is 92.7 cm³/mol. The van der Waals surface area contributed by atoms with Crippen molar-refractivity contribution in [2.75, 3.05) is 5.32 Å². The number of nitrogens with one attached hydrogen (secondary N) is 1. The maximum atomic E-state index is 12.1. The van der Waals surface area contributed by atoms with Crippen LogP contribution >= 0.6 is 11.6 Å². The molecule has 5 heteroatoms. The second kappa shape index (κ2) is 7.49. The largest absolute Gasteiger partial charge is 0.461 e. The zero-order valence-electron chi connectivity index (χ0n) is 13.1. The van der Waals surface area contributed by atoms with Crippen molar-refractivity contribution in [2.24, 2.45) is 5.92 Å². The van der Waals surface area contributed by atoms with E-state index < -0.39 is 0 Å². The van der Waals surface area contributed by atoms with Crippen molar-refractivity contribution in [1.82, 2.24) is 0 Å². The number of benzene rings is 2. The highest BCUT2D eigenvalue weighted by Crippen LogP contribution is 2.27. The van der Waals surface area contributed by atoms with Crippen molar-refractivity contribution in [3.8, 4) is 0 Å². The molecule has 1 aliphatic heterocycles. The summed E-state index contributed by atoms with van der Waals surface area (Å²) in [6.45, 7) is 0.151. The van der Waals surface area contributed by atoms with Crippen LogP contribution in [0.3, 0.4) is 0 Å². The maximum absolute atomic E-state index is 12.1. The van der Waals surface area contributed by atoms with Gasteiger partial charge in [-0.1, -0.05) is 48.0 Å². The van der Waals surface area contributed by atoms with Crippen molar-refractivity contribution in [2.45, 2.75) is 25.9 Å². The molecule has 1 amide bonds. The monoisotopic (exact) mass is 343 g/mol. The van der Waals surface area contributed by atoms with Crippen LogP contribution < -0.4 is 5.32 Å². The topological polar surface area (TPSA) is 55.4 Å². The van der Waals surface area contributed by atoms with Gasteiger partial charge >= 0.3 is 5.97 Å². The minimum Gasteiger partial charge on any atom is -0.461 e. The Balaban J connectivity index is 1.50. The number of carbonyl (C=O) groups excluding carboxylic acids is 2. The van der Waals surface area contributed by atoms with E-state index in [1.165, 1.54) is 0 Å². The molecule has 24 heavy (non-hydrogen) atoms. The molecule has 0 aliphatic carbocycles. The number of hydrogen-bond donors (Lipinski definition) is 1. The molecule has 1 atom stereocenters. The van der Waals surface area contributed by atoms with Gasteiger partial charge in [-0.3, -0.25) is 9.59 Å². The second-order valence-corrected chi connectivity index (χ2v) is 6.25. The Bertz CT molecular complexity index is 760. The van der Waals surface area contributed by atoms with Gasteiger partial charge in [0.25, 0.3) is 0 Å². The molecule has 0 aromatic heterocycles. The quantitative estimate of drug-likeness (QED) is 0.835. The molecule has 2 aromatic carbocycles. The Hall–Kier alpha value is -2.33. The van der Waals surface area contributed by atoms with E-state index >= 15 is 0 Å². The Labute approximate surface area is 145 Å². The fourth-order valence-electron chi connectivity index (χ4n) is 2.78. The lowest BCUT2D eigenvalue weighted by molar-refractivity contribution is -0.145. The lowest BCUT2D eigenvalue weighted by atomic mass is 9.90. The molecule has 1 aliphatic rings. The van der Waals surface area contributed by atoms with Gasteiger partial charge in [-0.2, -0.15) is 0 Å². The average Bonchev–Trinajstić information content (AvgIpc) is 2.59. The molecular weight excluding hydrogens is 326 g/mol. The Kier molecular flexibility index (Phi) is 5.16. The van der Waals surface area contributed by atoms with Gasteiger partial charge in [0.15, 0.2) is 0 Å². The van der Waals surface area contributed by atoms with Crippen molar-refractivity contribution < 1.29 is 14.3 Å². The number of carbonyl (C=O) groups is 2. The summed E-state index contributed by atoms with van der Waals surface area (Å²) in [6, 6.07) is 15.0. The van der Waals surface area contributed by atoms with Crippen LogP contribution in [0, 0.1) is 5.92 Å².